The Morgan fingerprint density at radius 1 is 0.968 bits per heavy atom. The second-order valence-electron chi connectivity index (χ2n) is 8.69. The standard InChI is InChI=1S/C26H27NO4/c1-15-14-21(27(3)4)25(30-16(2)28)26(29-15)31-22-13-11-19-9-8-17-6-5-7-18-10-12-20(22)24(19)23(17)18/h5-13,15,21,25-26H,14H2,1-4H3. The van der Waals surface area contributed by atoms with Crippen molar-refractivity contribution in [2.45, 2.75) is 44.8 Å². The number of hydrogen-bond acceptors (Lipinski definition) is 5. The number of rotatable bonds is 4. The van der Waals surface area contributed by atoms with Gasteiger partial charge in [-0.15, -0.1) is 0 Å². The van der Waals surface area contributed by atoms with Crippen LogP contribution in [0.4, 0.5) is 0 Å². The summed E-state index contributed by atoms with van der Waals surface area (Å²) in [6.07, 6.45) is -0.437. The fourth-order valence-corrected chi connectivity index (χ4v) is 4.88. The number of ether oxygens (including phenoxy) is 3. The van der Waals surface area contributed by atoms with E-state index >= 15 is 0 Å². The molecule has 0 amide bonds. The van der Waals surface area contributed by atoms with Gasteiger partial charge in [-0.05, 0) is 61.1 Å². The Morgan fingerprint density at radius 3 is 2.29 bits per heavy atom. The van der Waals surface area contributed by atoms with Crippen LogP contribution in [0.5, 0.6) is 5.75 Å². The maximum Gasteiger partial charge on any atom is 0.303 e. The van der Waals surface area contributed by atoms with Crippen LogP contribution in [0, 0.1) is 0 Å². The van der Waals surface area contributed by atoms with Crippen LogP contribution in [0.15, 0.2) is 54.6 Å². The van der Waals surface area contributed by atoms with Crippen molar-refractivity contribution in [2.24, 2.45) is 0 Å². The van der Waals surface area contributed by atoms with E-state index in [1.807, 2.05) is 27.1 Å². The van der Waals surface area contributed by atoms with E-state index in [1.54, 1.807) is 0 Å². The molecule has 5 rings (SSSR count). The van der Waals surface area contributed by atoms with E-state index in [1.165, 1.54) is 33.9 Å². The molecule has 1 fully saturated rings. The molecule has 0 aromatic heterocycles. The molecule has 4 unspecified atom stereocenters. The predicted octanol–water partition coefficient (Wildman–Crippen LogP) is 4.96. The Labute approximate surface area is 181 Å². The Bertz CT molecular complexity index is 1230. The molecular weight excluding hydrogens is 390 g/mol. The van der Waals surface area contributed by atoms with E-state index in [0.717, 1.165) is 17.6 Å². The molecule has 0 saturated carbocycles. The maximum absolute atomic E-state index is 11.8. The summed E-state index contributed by atoms with van der Waals surface area (Å²) in [6.45, 7) is 3.46. The van der Waals surface area contributed by atoms with Crippen LogP contribution < -0.4 is 4.74 Å². The summed E-state index contributed by atoms with van der Waals surface area (Å²) < 4.78 is 18.3. The van der Waals surface area contributed by atoms with Gasteiger partial charge in [0.2, 0.25) is 6.29 Å². The van der Waals surface area contributed by atoms with Gasteiger partial charge in [-0.25, -0.2) is 0 Å². The third-order valence-corrected chi connectivity index (χ3v) is 6.28. The van der Waals surface area contributed by atoms with E-state index in [4.69, 9.17) is 14.2 Å². The molecule has 4 aromatic rings. The van der Waals surface area contributed by atoms with Gasteiger partial charge in [0.25, 0.3) is 0 Å². The van der Waals surface area contributed by atoms with Crippen LogP contribution in [-0.2, 0) is 14.3 Å². The molecule has 0 spiro atoms. The second-order valence-corrected chi connectivity index (χ2v) is 8.69. The molecule has 1 heterocycles. The topological polar surface area (TPSA) is 48.0 Å². The van der Waals surface area contributed by atoms with Crippen LogP contribution in [0.1, 0.15) is 20.3 Å². The number of benzene rings is 4. The van der Waals surface area contributed by atoms with Gasteiger partial charge < -0.3 is 19.1 Å². The van der Waals surface area contributed by atoms with Gasteiger partial charge in [-0.3, -0.25) is 4.79 Å². The van der Waals surface area contributed by atoms with Gasteiger partial charge in [-0.2, -0.15) is 0 Å². The molecule has 0 N–H and O–H groups in total. The molecule has 1 aliphatic rings. The zero-order chi connectivity index (χ0) is 21.7. The number of likely N-dealkylation sites (N-methyl/N-ethyl adjacent to an activating group) is 1. The Kier molecular flexibility index (Phi) is 4.95. The van der Waals surface area contributed by atoms with Crippen LogP contribution >= 0.6 is 0 Å². The lowest BCUT2D eigenvalue weighted by Gasteiger charge is -2.42. The van der Waals surface area contributed by atoms with E-state index < -0.39 is 12.4 Å². The van der Waals surface area contributed by atoms with Crippen LogP contribution in [0.25, 0.3) is 32.3 Å². The lowest BCUT2D eigenvalue weighted by Crippen LogP contribution is -2.56. The van der Waals surface area contributed by atoms with Gasteiger partial charge in [0.15, 0.2) is 6.10 Å². The smallest absolute Gasteiger partial charge is 0.303 e. The van der Waals surface area contributed by atoms with Crippen molar-refractivity contribution >= 4 is 38.3 Å². The highest BCUT2D eigenvalue weighted by Gasteiger charge is 2.42. The third kappa shape index (κ3) is 3.48. The first kappa shape index (κ1) is 20.0. The molecule has 0 bridgehead atoms. The molecule has 1 aliphatic heterocycles. The molecule has 0 radical (unpaired) electrons. The molecule has 1 saturated heterocycles. The van der Waals surface area contributed by atoms with Crippen LogP contribution in [0.2, 0.25) is 0 Å². The largest absolute Gasteiger partial charge is 0.460 e. The minimum Gasteiger partial charge on any atom is -0.460 e. The monoisotopic (exact) mass is 417 g/mol. The number of hydrogen-bond donors (Lipinski definition) is 0. The first-order valence-corrected chi connectivity index (χ1v) is 10.7. The van der Waals surface area contributed by atoms with Gasteiger partial charge >= 0.3 is 5.97 Å². The maximum atomic E-state index is 11.8. The minimum atomic E-state index is -0.682. The van der Waals surface area contributed by atoms with Gasteiger partial charge in [0, 0.05) is 17.7 Å². The summed E-state index contributed by atoms with van der Waals surface area (Å²) in [4.78, 5) is 13.9. The molecular formula is C26H27NO4. The Hall–Kier alpha value is -2.89. The lowest BCUT2D eigenvalue weighted by molar-refractivity contribution is -0.229. The summed E-state index contributed by atoms with van der Waals surface area (Å²) in [5.74, 6) is 0.401. The van der Waals surface area contributed by atoms with Crippen molar-refractivity contribution in [3.63, 3.8) is 0 Å². The fourth-order valence-electron chi connectivity index (χ4n) is 4.88. The van der Waals surface area contributed by atoms with Crippen LogP contribution in [-0.4, -0.2) is 49.5 Å². The molecule has 160 valence electrons. The molecule has 31 heavy (non-hydrogen) atoms. The molecule has 4 aromatic carbocycles. The fraction of sp³-hybridized carbons (Fsp3) is 0.346. The first-order valence-electron chi connectivity index (χ1n) is 10.7. The van der Waals surface area contributed by atoms with Crippen molar-refractivity contribution in [2.75, 3.05) is 14.1 Å². The van der Waals surface area contributed by atoms with Crippen molar-refractivity contribution < 1.29 is 19.0 Å². The lowest BCUT2D eigenvalue weighted by atomic mass is 9.94. The van der Waals surface area contributed by atoms with Crippen molar-refractivity contribution in [1.29, 1.82) is 0 Å². The highest BCUT2D eigenvalue weighted by Crippen LogP contribution is 2.39. The minimum absolute atomic E-state index is 0.0102. The Morgan fingerprint density at radius 2 is 1.61 bits per heavy atom. The molecule has 5 heteroatoms. The number of nitrogens with zero attached hydrogens (tertiary/aromatic N) is 1. The van der Waals surface area contributed by atoms with Gasteiger partial charge in [0.1, 0.15) is 5.75 Å². The van der Waals surface area contributed by atoms with Crippen molar-refractivity contribution in [3.05, 3.63) is 54.6 Å². The van der Waals surface area contributed by atoms with Crippen molar-refractivity contribution in [3.8, 4) is 5.75 Å². The zero-order valence-electron chi connectivity index (χ0n) is 18.3. The van der Waals surface area contributed by atoms with Gasteiger partial charge in [-0.1, -0.05) is 42.5 Å². The molecule has 0 aliphatic carbocycles. The van der Waals surface area contributed by atoms with Gasteiger partial charge in [0.05, 0.1) is 12.1 Å². The highest BCUT2D eigenvalue weighted by atomic mass is 16.7. The summed E-state index contributed by atoms with van der Waals surface area (Å²) >= 11 is 0. The average Bonchev–Trinajstić information content (AvgIpc) is 2.74. The third-order valence-electron chi connectivity index (χ3n) is 6.28. The molecule has 4 atom stereocenters. The SMILES string of the molecule is CC(=O)OC1C(Oc2ccc3ccc4cccc5ccc2c3c45)OC(C)CC1N(C)C. The Balaban J connectivity index is 1.60. The summed E-state index contributed by atoms with van der Waals surface area (Å²) in [5.41, 5.74) is 0. The van der Waals surface area contributed by atoms with E-state index in [-0.39, 0.29) is 18.1 Å². The normalized spacial score (nSPS) is 24.3. The predicted molar refractivity (Wildman–Crippen MR) is 123 cm³/mol. The molecule has 5 nitrogen and oxygen atoms in total. The van der Waals surface area contributed by atoms with E-state index in [9.17, 15) is 4.79 Å². The summed E-state index contributed by atoms with van der Waals surface area (Å²) in [7, 11) is 3.99. The second kappa shape index (κ2) is 7.66. The van der Waals surface area contributed by atoms with Crippen LogP contribution in [0.3, 0.4) is 0 Å². The number of esters is 1. The van der Waals surface area contributed by atoms with E-state index in [2.05, 4.69) is 53.4 Å². The quantitative estimate of drug-likeness (QED) is 0.347. The number of carbonyl (C=O) groups is 1. The zero-order valence-corrected chi connectivity index (χ0v) is 18.3. The summed E-state index contributed by atoms with van der Waals surface area (Å²) in [5, 5.41) is 7.05. The first-order chi connectivity index (χ1) is 14.9. The highest BCUT2D eigenvalue weighted by molar-refractivity contribution is 6.24. The van der Waals surface area contributed by atoms with Crippen molar-refractivity contribution in [1.82, 2.24) is 4.90 Å². The summed E-state index contributed by atoms with van der Waals surface area (Å²) in [6, 6.07) is 19.0. The van der Waals surface area contributed by atoms with E-state index in [0.29, 0.717) is 0 Å². The number of carbonyl (C=O) groups excluding carboxylic acids is 1. The average molecular weight is 418 g/mol.